The number of rotatable bonds is 6. The van der Waals surface area contributed by atoms with Crippen molar-refractivity contribution in [1.29, 1.82) is 0 Å². The van der Waals surface area contributed by atoms with E-state index in [4.69, 9.17) is 4.74 Å². The number of sulfonamides is 1. The first kappa shape index (κ1) is 19.2. The Labute approximate surface area is 139 Å². The van der Waals surface area contributed by atoms with Gasteiger partial charge in [0.05, 0.1) is 12.9 Å². The molecule has 0 aliphatic carbocycles. The van der Waals surface area contributed by atoms with Gasteiger partial charge in [0.25, 0.3) is 0 Å². The van der Waals surface area contributed by atoms with Gasteiger partial charge in [-0.3, -0.25) is 0 Å². The van der Waals surface area contributed by atoms with E-state index in [0.717, 1.165) is 24.9 Å². The smallest absolute Gasteiger partial charge is 0.218 e. The molecule has 0 spiro atoms. The summed E-state index contributed by atoms with van der Waals surface area (Å²) < 4.78 is 31.9. The van der Waals surface area contributed by atoms with Crippen LogP contribution < -0.4 is 10.1 Å². The molecule has 1 unspecified atom stereocenters. The minimum Gasteiger partial charge on any atom is -0.497 e. The van der Waals surface area contributed by atoms with Crippen molar-refractivity contribution in [2.45, 2.75) is 18.6 Å². The van der Waals surface area contributed by atoms with E-state index in [1.165, 1.54) is 0 Å². The van der Waals surface area contributed by atoms with Crippen molar-refractivity contribution < 1.29 is 13.2 Å². The first-order valence-electron chi connectivity index (χ1n) is 7.30. The summed E-state index contributed by atoms with van der Waals surface area (Å²) in [5.41, 5.74) is 0.769. The molecule has 7 heteroatoms. The van der Waals surface area contributed by atoms with Gasteiger partial charge in [-0.05, 0) is 50.0 Å². The number of benzene rings is 1. The highest BCUT2D eigenvalue weighted by atomic mass is 35.5. The average molecular weight is 349 g/mol. The van der Waals surface area contributed by atoms with Crippen molar-refractivity contribution in [3.63, 3.8) is 0 Å². The van der Waals surface area contributed by atoms with Crippen LogP contribution in [0.2, 0.25) is 0 Å². The molecule has 5 nitrogen and oxygen atoms in total. The van der Waals surface area contributed by atoms with Gasteiger partial charge in [0.2, 0.25) is 10.0 Å². The van der Waals surface area contributed by atoms with Crippen LogP contribution in [0.3, 0.4) is 0 Å². The number of methoxy groups -OCH3 is 1. The number of hydrogen-bond donors (Lipinski definition) is 1. The van der Waals surface area contributed by atoms with Crippen LogP contribution in [-0.2, 0) is 15.8 Å². The fraction of sp³-hybridized carbons (Fsp3) is 0.600. The van der Waals surface area contributed by atoms with Gasteiger partial charge >= 0.3 is 0 Å². The Morgan fingerprint density at radius 1 is 1.41 bits per heavy atom. The van der Waals surface area contributed by atoms with Gasteiger partial charge in [-0.2, -0.15) is 0 Å². The highest BCUT2D eigenvalue weighted by Gasteiger charge is 2.28. The maximum absolute atomic E-state index is 12.6. The molecule has 1 aliphatic rings. The molecule has 1 saturated heterocycles. The predicted molar refractivity (Wildman–Crippen MR) is 91.1 cm³/mol. The Morgan fingerprint density at radius 2 is 2.18 bits per heavy atom. The molecule has 126 valence electrons. The third kappa shape index (κ3) is 5.12. The summed E-state index contributed by atoms with van der Waals surface area (Å²) in [6.45, 7) is 2.12. The zero-order chi connectivity index (χ0) is 15.3. The third-order valence-electron chi connectivity index (χ3n) is 3.85. The summed E-state index contributed by atoms with van der Waals surface area (Å²) in [7, 11) is 0.228. The Bertz CT molecular complexity index is 564. The lowest BCUT2D eigenvalue weighted by molar-refractivity contribution is 0.263. The molecule has 0 bridgehead atoms. The molecule has 0 radical (unpaired) electrons. The summed E-state index contributed by atoms with van der Waals surface area (Å²) in [6.07, 6.45) is 2.02. The Hall–Kier alpha value is -0.820. The zero-order valence-electron chi connectivity index (χ0n) is 13.1. The number of halogens is 1. The SMILES string of the molecule is CNCC1CCCN(S(=O)(=O)Cc2cccc(OC)c2)C1.Cl. The summed E-state index contributed by atoms with van der Waals surface area (Å²) in [5.74, 6) is 1.13. The van der Waals surface area contributed by atoms with Gasteiger partial charge in [-0.15, -0.1) is 12.4 Å². The van der Waals surface area contributed by atoms with Crippen LogP contribution in [0, 0.1) is 5.92 Å². The normalized spacial score (nSPS) is 19.5. The molecule has 1 aliphatic heterocycles. The second kappa shape index (κ2) is 8.72. The van der Waals surface area contributed by atoms with E-state index in [-0.39, 0.29) is 18.2 Å². The zero-order valence-corrected chi connectivity index (χ0v) is 14.8. The van der Waals surface area contributed by atoms with Crippen LogP contribution >= 0.6 is 12.4 Å². The summed E-state index contributed by atoms with van der Waals surface area (Å²) in [6, 6.07) is 7.26. The van der Waals surface area contributed by atoms with Gasteiger partial charge in [-0.1, -0.05) is 12.1 Å². The molecule has 1 N–H and O–H groups in total. The molecular formula is C15H25ClN2O3S. The van der Waals surface area contributed by atoms with Crippen LogP contribution in [0.1, 0.15) is 18.4 Å². The van der Waals surface area contributed by atoms with Crippen molar-refractivity contribution in [2.24, 2.45) is 5.92 Å². The van der Waals surface area contributed by atoms with E-state index in [9.17, 15) is 8.42 Å². The predicted octanol–water partition coefficient (Wildman–Crippen LogP) is 1.88. The van der Waals surface area contributed by atoms with Crippen LogP contribution in [0.4, 0.5) is 0 Å². The molecule has 1 atom stereocenters. The lowest BCUT2D eigenvalue weighted by Crippen LogP contribution is -2.42. The van der Waals surface area contributed by atoms with Crippen molar-refractivity contribution in [3.05, 3.63) is 29.8 Å². The summed E-state index contributed by atoms with van der Waals surface area (Å²) in [5, 5.41) is 3.14. The van der Waals surface area contributed by atoms with Crippen molar-refractivity contribution in [1.82, 2.24) is 9.62 Å². The van der Waals surface area contributed by atoms with Gasteiger partial charge in [0, 0.05) is 13.1 Å². The second-order valence-electron chi connectivity index (χ2n) is 5.53. The van der Waals surface area contributed by atoms with Crippen molar-refractivity contribution in [3.8, 4) is 5.75 Å². The number of piperidine rings is 1. The Morgan fingerprint density at radius 3 is 2.86 bits per heavy atom. The molecule has 1 heterocycles. The number of ether oxygens (including phenoxy) is 1. The largest absolute Gasteiger partial charge is 0.497 e. The Kier molecular flexibility index (Phi) is 7.62. The Balaban J connectivity index is 0.00000242. The van der Waals surface area contributed by atoms with E-state index in [1.807, 2.05) is 25.2 Å². The van der Waals surface area contributed by atoms with Gasteiger partial charge < -0.3 is 10.1 Å². The monoisotopic (exact) mass is 348 g/mol. The molecule has 1 fully saturated rings. The quantitative estimate of drug-likeness (QED) is 0.852. The fourth-order valence-corrected chi connectivity index (χ4v) is 4.43. The molecule has 2 rings (SSSR count). The summed E-state index contributed by atoms with van der Waals surface area (Å²) >= 11 is 0. The first-order chi connectivity index (χ1) is 10.0. The lowest BCUT2D eigenvalue weighted by atomic mass is 10.00. The van der Waals surface area contributed by atoms with Crippen LogP contribution in [-0.4, -0.2) is 46.5 Å². The molecule has 0 aromatic heterocycles. The maximum Gasteiger partial charge on any atom is 0.218 e. The first-order valence-corrected chi connectivity index (χ1v) is 8.91. The molecule has 0 saturated carbocycles. The number of hydrogen-bond acceptors (Lipinski definition) is 4. The summed E-state index contributed by atoms with van der Waals surface area (Å²) in [4.78, 5) is 0. The standard InChI is InChI=1S/C15H24N2O3S.ClH/c1-16-10-14-6-4-8-17(11-14)21(18,19)12-13-5-3-7-15(9-13)20-2;/h3,5,7,9,14,16H,4,6,8,10-12H2,1-2H3;1H. The minimum absolute atomic E-state index is 0. The topological polar surface area (TPSA) is 58.6 Å². The molecule has 0 amide bonds. The van der Waals surface area contributed by atoms with E-state index >= 15 is 0 Å². The lowest BCUT2D eigenvalue weighted by Gasteiger charge is -2.31. The second-order valence-corrected chi connectivity index (χ2v) is 7.50. The minimum atomic E-state index is -3.26. The molecule has 1 aromatic carbocycles. The highest BCUT2D eigenvalue weighted by Crippen LogP contribution is 2.22. The van der Waals surface area contributed by atoms with Crippen molar-refractivity contribution in [2.75, 3.05) is 33.8 Å². The molecular weight excluding hydrogens is 324 g/mol. The van der Waals surface area contributed by atoms with Gasteiger partial charge in [0.15, 0.2) is 0 Å². The highest BCUT2D eigenvalue weighted by molar-refractivity contribution is 7.88. The van der Waals surface area contributed by atoms with Gasteiger partial charge in [-0.25, -0.2) is 12.7 Å². The average Bonchev–Trinajstić information content (AvgIpc) is 2.48. The maximum atomic E-state index is 12.6. The fourth-order valence-electron chi connectivity index (χ4n) is 2.80. The van der Waals surface area contributed by atoms with E-state index in [2.05, 4.69) is 5.32 Å². The van der Waals surface area contributed by atoms with Gasteiger partial charge in [0.1, 0.15) is 5.75 Å². The van der Waals surface area contributed by atoms with E-state index in [0.29, 0.717) is 24.8 Å². The molecule has 22 heavy (non-hydrogen) atoms. The van der Waals surface area contributed by atoms with E-state index < -0.39 is 10.0 Å². The van der Waals surface area contributed by atoms with Crippen molar-refractivity contribution >= 4 is 22.4 Å². The van der Waals surface area contributed by atoms with E-state index in [1.54, 1.807) is 17.5 Å². The van der Waals surface area contributed by atoms with Crippen LogP contribution in [0.15, 0.2) is 24.3 Å². The van der Waals surface area contributed by atoms with Crippen LogP contribution in [0.25, 0.3) is 0 Å². The number of nitrogens with zero attached hydrogens (tertiary/aromatic N) is 1. The molecule has 1 aromatic rings. The third-order valence-corrected chi connectivity index (χ3v) is 5.67. The number of nitrogens with one attached hydrogen (secondary N) is 1. The van der Waals surface area contributed by atoms with Crippen LogP contribution in [0.5, 0.6) is 5.75 Å².